The van der Waals surface area contributed by atoms with Gasteiger partial charge in [-0.15, -0.1) is 0 Å². The number of nitrogens with one attached hydrogen (secondary N) is 2. The van der Waals surface area contributed by atoms with Crippen molar-refractivity contribution in [3.8, 4) is 6.07 Å². The maximum absolute atomic E-state index is 12.2. The number of hydrogen-bond acceptors (Lipinski definition) is 5. The van der Waals surface area contributed by atoms with Gasteiger partial charge in [0, 0.05) is 11.3 Å². The number of nitriles is 1. The minimum atomic E-state index is -0.859. The van der Waals surface area contributed by atoms with Crippen molar-refractivity contribution < 1.29 is 19.1 Å². The van der Waals surface area contributed by atoms with Crippen molar-refractivity contribution in [1.29, 1.82) is 5.26 Å². The molecule has 25 heavy (non-hydrogen) atoms. The highest BCUT2D eigenvalue weighted by molar-refractivity contribution is 6.01. The van der Waals surface area contributed by atoms with Crippen LogP contribution < -0.4 is 5.32 Å². The predicted octanol–water partition coefficient (Wildman–Crippen LogP) is 2.33. The average molecular weight is 345 g/mol. The van der Waals surface area contributed by atoms with Gasteiger partial charge < -0.3 is 15.0 Å². The number of amides is 1. The molecule has 0 atom stereocenters. The van der Waals surface area contributed by atoms with E-state index in [0.717, 1.165) is 19.3 Å². The van der Waals surface area contributed by atoms with Gasteiger partial charge in [-0.1, -0.05) is 19.3 Å². The Bertz CT molecular complexity index is 736. The second-order valence-corrected chi connectivity index (χ2v) is 6.56. The monoisotopic (exact) mass is 345 g/mol. The van der Waals surface area contributed by atoms with Gasteiger partial charge in [0.1, 0.15) is 11.2 Å². The molecule has 7 nitrogen and oxygen atoms in total. The van der Waals surface area contributed by atoms with Crippen LogP contribution in [0.5, 0.6) is 0 Å². The van der Waals surface area contributed by atoms with Crippen molar-refractivity contribution in [2.24, 2.45) is 0 Å². The fourth-order valence-electron chi connectivity index (χ4n) is 3.41. The quantitative estimate of drug-likeness (QED) is 0.628. The van der Waals surface area contributed by atoms with E-state index in [9.17, 15) is 19.6 Å². The van der Waals surface area contributed by atoms with E-state index in [1.54, 1.807) is 13.8 Å². The van der Waals surface area contributed by atoms with Crippen LogP contribution in [0.3, 0.4) is 0 Å². The van der Waals surface area contributed by atoms with Gasteiger partial charge in [-0.3, -0.25) is 9.59 Å². The van der Waals surface area contributed by atoms with Crippen LogP contribution in [0.4, 0.5) is 0 Å². The molecule has 1 aromatic heterocycles. The molecule has 0 radical (unpaired) electrons. The molecule has 7 heteroatoms. The first kappa shape index (κ1) is 18.7. The van der Waals surface area contributed by atoms with Gasteiger partial charge in [0.2, 0.25) is 0 Å². The summed E-state index contributed by atoms with van der Waals surface area (Å²) < 4.78 is 5.05. The smallest absolute Gasteiger partial charge is 0.355 e. The Morgan fingerprint density at radius 1 is 1.24 bits per heavy atom. The number of ether oxygens (including phenoxy) is 1. The van der Waals surface area contributed by atoms with Crippen molar-refractivity contribution in [1.82, 2.24) is 10.3 Å². The predicted molar refractivity (Wildman–Crippen MR) is 90.1 cm³/mol. The highest BCUT2D eigenvalue weighted by Crippen LogP contribution is 2.27. The Kier molecular flexibility index (Phi) is 5.62. The Morgan fingerprint density at radius 2 is 1.88 bits per heavy atom. The number of ketones is 1. The van der Waals surface area contributed by atoms with E-state index in [0.29, 0.717) is 29.7 Å². The summed E-state index contributed by atoms with van der Waals surface area (Å²) in [4.78, 5) is 38.7. The first-order valence-corrected chi connectivity index (χ1v) is 8.39. The molecule has 0 spiro atoms. The van der Waals surface area contributed by atoms with E-state index in [-0.39, 0.29) is 11.5 Å². The van der Waals surface area contributed by atoms with Crippen molar-refractivity contribution in [2.75, 3.05) is 6.61 Å². The number of rotatable bonds is 5. The van der Waals surface area contributed by atoms with Gasteiger partial charge in [-0.05, 0) is 39.2 Å². The van der Waals surface area contributed by atoms with Crippen molar-refractivity contribution in [3.05, 3.63) is 22.5 Å². The first-order chi connectivity index (χ1) is 11.8. The fraction of sp³-hybridized carbons (Fsp3) is 0.556. The molecule has 134 valence electrons. The summed E-state index contributed by atoms with van der Waals surface area (Å²) in [7, 11) is 0. The molecule has 0 bridgehead atoms. The van der Waals surface area contributed by atoms with Gasteiger partial charge in [-0.2, -0.15) is 5.26 Å². The lowest BCUT2D eigenvalue weighted by Crippen LogP contribution is -2.50. The SMILES string of the molecule is CC(=O)c1c(C)[nH]c(C(=O)OCC(=O)NC2(C#N)CCCCC2)c1C. The second kappa shape index (κ2) is 7.51. The molecule has 0 aliphatic heterocycles. The Morgan fingerprint density at radius 3 is 2.40 bits per heavy atom. The molecule has 0 aromatic carbocycles. The third-order valence-corrected chi connectivity index (χ3v) is 4.63. The van der Waals surface area contributed by atoms with E-state index in [2.05, 4.69) is 16.4 Å². The van der Waals surface area contributed by atoms with Crippen molar-refractivity contribution in [3.63, 3.8) is 0 Å². The van der Waals surface area contributed by atoms with Crippen LogP contribution in [0.15, 0.2) is 0 Å². The number of aromatic amines is 1. The van der Waals surface area contributed by atoms with Gasteiger partial charge >= 0.3 is 5.97 Å². The second-order valence-electron chi connectivity index (χ2n) is 6.56. The van der Waals surface area contributed by atoms with Crippen LogP contribution in [0.2, 0.25) is 0 Å². The molecule has 0 saturated heterocycles. The Labute approximate surface area is 146 Å². The normalized spacial score (nSPS) is 15.9. The highest BCUT2D eigenvalue weighted by atomic mass is 16.5. The summed E-state index contributed by atoms with van der Waals surface area (Å²) in [5.41, 5.74) is 0.871. The van der Waals surface area contributed by atoms with E-state index < -0.39 is 24.0 Å². The number of H-pyrrole nitrogens is 1. The van der Waals surface area contributed by atoms with Gasteiger partial charge in [0.25, 0.3) is 5.91 Å². The number of hydrogen-bond donors (Lipinski definition) is 2. The number of esters is 1. The lowest BCUT2D eigenvalue weighted by molar-refractivity contribution is -0.125. The molecule has 1 saturated carbocycles. The van der Waals surface area contributed by atoms with E-state index in [4.69, 9.17) is 4.74 Å². The number of nitrogens with zero attached hydrogens (tertiary/aromatic N) is 1. The largest absolute Gasteiger partial charge is 0.451 e. The molecule has 2 N–H and O–H groups in total. The zero-order chi connectivity index (χ0) is 18.6. The lowest BCUT2D eigenvalue weighted by Gasteiger charge is -2.31. The maximum atomic E-state index is 12.2. The molecule has 2 rings (SSSR count). The molecule has 1 aromatic rings. The zero-order valence-corrected chi connectivity index (χ0v) is 14.8. The summed E-state index contributed by atoms with van der Waals surface area (Å²) in [5.74, 6) is -1.33. The van der Waals surface area contributed by atoms with Crippen LogP contribution >= 0.6 is 0 Å². The van der Waals surface area contributed by atoms with E-state index in [1.807, 2.05) is 0 Å². The Balaban J connectivity index is 1.98. The number of aromatic nitrogens is 1. The summed E-state index contributed by atoms with van der Waals surface area (Å²) in [6.07, 6.45) is 4.06. The summed E-state index contributed by atoms with van der Waals surface area (Å²) in [6.45, 7) is 4.32. The topological polar surface area (TPSA) is 112 Å². The maximum Gasteiger partial charge on any atom is 0.355 e. The van der Waals surface area contributed by atoms with Gasteiger partial charge in [0.15, 0.2) is 12.4 Å². The van der Waals surface area contributed by atoms with Crippen LogP contribution in [0.25, 0.3) is 0 Å². The fourth-order valence-corrected chi connectivity index (χ4v) is 3.41. The number of carbonyl (C=O) groups is 3. The molecule has 1 aliphatic rings. The third kappa shape index (κ3) is 4.08. The summed E-state index contributed by atoms with van der Waals surface area (Å²) >= 11 is 0. The van der Waals surface area contributed by atoms with Crippen LogP contribution in [0.1, 0.15) is 71.1 Å². The molecule has 1 aliphatic carbocycles. The van der Waals surface area contributed by atoms with Crippen molar-refractivity contribution >= 4 is 17.7 Å². The third-order valence-electron chi connectivity index (χ3n) is 4.63. The minimum Gasteiger partial charge on any atom is -0.451 e. The van der Waals surface area contributed by atoms with Crippen LogP contribution in [-0.2, 0) is 9.53 Å². The summed E-state index contributed by atoms with van der Waals surface area (Å²) in [6, 6.07) is 2.18. The molecule has 0 unspecified atom stereocenters. The number of aryl methyl sites for hydroxylation is 1. The lowest BCUT2D eigenvalue weighted by atomic mass is 9.83. The number of Topliss-reactive ketones (excluding diaryl/α,β-unsaturated/α-hetero) is 1. The van der Waals surface area contributed by atoms with Crippen molar-refractivity contribution in [2.45, 2.75) is 58.4 Å². The molecule has 1 fully saturated rings. The average Bonchev–Trinajstić information content (AvgIpc) is 2.88. The van der Waals surface area contributed by atoms with Gasteiger partial charge in [-0.25, -0.2) is 4.79 Å². The van der Waals surface area contributed by atoms with E-state index >= 15 is 0 Å². The van der Waals surface area contributed by atoms with E-state index in [1.165, 1.54) is 6.92 Å². The molecule has 1 amide bonds. The molecule has 1 heterocycles. The standard InChI is InChI=1S/C18H23N3O4/c1-11-15(13(3)22)12(2)20-16(11)17(24)25-9-14(23)21-18(10-19)7-5-4-6-8-18/h20H,4-9H2,1-3H3,(H,21,23). The number of carbonyl (C=O) groups excluding carboxylic acids is 3. The Hall–Kier alpha value is -2.62. The first-order valence-electron chi connectivity index (χ1n) is 8.39. The van der Waals surface area contributed by atoms with Crippen LogP contribution in [0, 0.1) is 25.2 Å². The minimum absolute atomic E-state index is 0.142. The summed E-state index contributed by atoms with van der Waals surface area (Å²) in [5, 5.41) is 12.1. The molecular weight excluding hydrogens is 322 g/mol. The van der Waals surface area contributed by atoms with Crippen LogP contribution in [-0.4, -0.2) is 34.8 Å². The van der Waals surface area contributed by atoms with Gasteiger partial charge in [0.05, 0.1) is 6.07 Å². The molecular formula is C18H23N3O4. The highest BCUT2D eigenvalue weighted by Gasteiger charge is 2.33. The zero-order valence-electron chi connectivity index (χ0n) is 14.8.